The van der Waals surface area contributed by atoms with Crippen molar-refractivity contribution in [1.82, 2.24) is 9.88 Å². The lowest BCUT2D eigenvalue weighted by molar-refractivity contribution is 0.413. The molecule has 0 unspecified atom stereocenters. The first-order valence-electron chi connectivity index (χ1n) is 8.04. The van der Waals surface area contributed by atoms with Gasteiger partial charge in [-0.15, -0.1) is 12.4 Å². The predicted octanol–water partition coefficient (Wildman–Crippen LogP) is 2.70. The third-order valence-electron chi connectivity index (χ3n) is 2.58. The Morgan fingerprint density at radius 1 is 1.41 bits per heavy atom. The lowest BCUT2D eigenvalue weighted by atomic mass is 10.1. The molecule has 0 bridgehead atoms. The van der Waals surface area contributed by atoms with E-state index < -0.39 is 14.0 Å². The fraction of sp³-hybridized carbons (Fsp3) is 0.385. The molecular weight excluding hydrogens is 236 g/mol. The zero-order chi connectivity index (χ0) is 16.5. The minimum atomic E-state index is -2.66. The summed E-state index contributed by atoms with van der Waals surface area (Å²) in [5, 5.41) is 0.899. The van der Waals surface area contributed by atoms with Crippen LogP contribution < -0.4 is 4.74 Å². The monoisotopic (exact) mass is 260 g/mol. The van der Waals surface area contributed by atoms with Gasteiger partial charge in [-0.3, -0.25) is 0 Å². The summed E-state index contributed by atoms with van der Waals surface area (Å²) in [6, 6.07) is 5.53. The number of methoxy groups -OCH3 is 1. The molecule has 0 aliphatic rings. The predicted molar refractivity (Wildman–Crippen MR) is 74.4 cm³/mol. The lowest BCUT2D eigenvalue weighted by Gasteiger charge is -2.08. The molecule has 0 saturated heterocycles. The topological polar surface area (TPSA) is 28.3 Å². The van der Waals surface area contributed by atoms with Gasteiger partial charge in [0.1, 0.15) is 5.75 Å². The Hall–Kier alpha value is -1.19. The van der Waals surface area contributed by atoms with Crippen LogP contribution in [0.3, 0.4) is 0 Å². The summed E-state index contributed by atoms with van der Waals surface area (Å²) in [6.45, 7) is -5.40. The number of benzene rings is 1. The number of likely N-dealkylation sites (N-methyl/N-ethyl adjacent to an activating group) is 1. The summed E-state index contributed by atoms with van der Waals surface area (Å²) in [7, 11) is 1.57. The van der Waals surface area contributed by atoms with E-state index in [1.165, 1.54) is 0 Å². The Morgan fingerprint density at radius 2 is 2.24 bits per heavy atom. The van der Waals surface area contributed by atoms with Gasteiger partial charge in [0, 0.05) is 31.9 Å². The molecule has 17 heavy (non-hydrogen) atoms. The van der Waals surface area contributed by atoms with Gasteiger partial charge in [0.2, 0.25) is 0 Å². The first kappa shape index (κ1) is 7.29. The number of hydrogen-bond donors (Lipinski definition) is 1. The van der Waals surface area contributed by atoms with Crippen molar-refractivity contribution >= 4 is 23.3 Å². The molecule has 3 nitrogen and oxygen atoms in total. The first-order chi connectivity index (χ1) is 10.1. The highest BCUT2D eigenvalue weighted by atomic mass is 35.5. The number of nitrogens with one attached hydrogen (secondary N) is 1. The molecule has 0 spiro atoms. The maximum atomic E-state index is 7.37. The standard InChI is InChI=1S/C13H18N2O.ClH/c1-15(2)7-6-10-9-14-13-5-4-11(16-3)8-12(10)13;/h4-5,8-9,14H,6-7H2,1-3H3;1H/i1D3,2D3;. The second kappa shape index (κ2) is 5.94. The van der Waals surface area contributed by atoms with Gasteiger partial charge in [0.05, 0.1) is 7.11 Å². The Balaban J connectivity index is 0.00000264. The number of H-pyrrole nitrogens is 1. The Labute approximate surface area is 117 Å². The number of rotatable bonds is 4. The average Bonchev–Trinajstić information content (AvgIpc) is 2.78. The molecule has 94 valence electrons. The van der Waals surface area contributed by atoms with Gasteiger partial charge < -0.3 is 14.6 Å². The molecule has 0 radical (unpaired) electrons. The minimum Gasteiger partial charge on any atom is -0.497 e. The highest BCUT2D eigenvalue weighted by molar-refractivity contribution is 5.85. The molecule has 0 saturated carbocycles. The van der Waals surface area contributed by atoms with Crippen molar-refractivity contribution in [2.24, 2.45) is 0 Å². The van der Waals surface area contributed by atoms with Crippen LogP contribution in [0, 0.1) is 0 Å². The van der Waals surface area contributed by atoms with Gasteiger partial charge in [-0.2, -0.15) is 0 Å². The van der Waals surface area contributed by atoms with Crippen LogP contribution in [0.1, 0.15) is 13.8 Å². The third-order valence-corrected chi connectivity index (χ3v) is 2.58. The van der Waals surface area contributed by atoms with Crippen molar-refractivity contribution in [3.8, 4) is 5.75 Å². The highest BCUT2D eigenvalue weighted by Crippen LogP contribution is 2.23. The van der Waals surface area contributed by atoms with Crippen LogP contribution in [0.4, 0.5) is 0 Å². The molecule has 0 fully saturated rings. The molecule has 0 aliphatic heterocycles. The van der Waals surface area contributed by atoms with Crippen LogP contribution >= 0.6 is 12.4 Å². The van der Waals surface area contributed by atoms with Crippen LogP contribution in [0.2, 0.25) is 0 Å². The number of ether oxygens (including phenoxy) is 1. The Kier molecular flexibility index (Phi) is 2.55. The van der Waals surface area contributed by atoms with Crippen molar-refractivity contribution in [3.05, 3.63) is 30.0 Å². The van der Waals surface area contributed by atoms with E-state index in [-0.39, 0.29) is 19.0 Å². The summed E-state index contributed by atoms with van der Waals surface area (Å²) in [5.74, 6) is 0.692. The summed E-state index contributed by atoms with van der Waals surface area (Å²) in [5.41, 5.74) is 1.75. The summed E-state index contributed by atoms with van der Waals surface area (Å²) >= 11 is 0. The Bertz CT molecular complexity index is 638. The summed E-state index contributed by atoms with van der Waals surface area (Å²) < 4.78 is 49.4. The number of hydrogen-bond acceptors (Lipinski definition) is 2. The van der Waals surface area contributed by atoms with Crippen LogP contribution in [-0.2, 0) is 6.42 Å². The fourth-order valence-electron chi connectivity index (χ4n) is 1.72. The molecule has 1 N–H and O–H groups in total. The van der Waals surface area contributed by atoms with Crippen molar-refractivity contribution < 1.29 is 13.0 Å². The van der Waals surface area contributed by atoms with Crippen LogP contribution in [0.15, 0.2) is 24.4 Å². The van der Waals surface area contributed by atoms with Gasteiger partial charge in [0.15, 0.2) is 0 Å². The zero-order valence-electron chi connectivity index (χ0n) is 15.5. The zero-order valence-corrected chi connectivity index (χ0v) is 10.3. The molecule has 0 amide bonds. The van der Waals surface area contributed by atoms with Gasteiger partial charge in [0.25, 0.3) is 0 Å². The van der Waals surface area contributed by atoms with Gasteiger partial charge in [-0.1, -0.05) is 0 Å². The Morgan fingerprint density at radius 3 is 2.94 bits per heavy atom. The van der Waals surface area contributed by atoms with Crippen molar-refractivity contribution in [3.63, 3.8) is 0 Å². The second-order valence-electron chi connectivity index (χ2n) is 3.63. The lowest BCUT2D eigenvalue weighted by Crippen LogP contribution is -2.14. The largest absolute Gasteiger partial charge is 0.497 e. The fourth-order valence-corrected chi connectivity index (χ4v) is 1.72. The molecule has 4 heteroatoms. The van der Waals surface area contributed by atoms with Gasteiger partial charge in [-0.25, -0.2) is 0 Å². The SMILES string of the molecule is Cl.[2H]C([2H])([2H])N(CCc1c[nH]c2ccc(OC)cc12)C([2H])([2H])[2H]. The van der Waals surface area contributed by atoms with Crippen LogP contribution in [0.5, 0.6) is 5.75 Å². The quantitative estimate of drug-likeness (QED) is 0.916. The van der Waals surface area contributed by atoms with E-state index in [0.29, 0.717) is 17.1 Å². The van der Waals surface area contributed by atoms with E-state index in [2.05, 4.69) is 4.98 Å². The molecule has 2 rings (SSSR count). The van der Waals surface area contributed by atoms with Gasteiger partial charge in [-0.05, 0) is 44.1 Å². The molecule has 1 aromatic carbocycles. The molecule has 1 heterocycles. The third kappa shape index (κ3) is 3.14. The van der Waals surface area contributed by atoms with Crippen LogP contribution in [0.25, 0.3) is 10.9 Å². The molecular formula is C13H19ClN2O. The average molecular weight is 261 g/mol. The van der Waals surface area contributed by atoms with Gasteiger partial charge >= 0.3 is 0 Å². The second-order valence-corrected chi connectivity index (χ2v) is 3.63. The van der Waals surface area contributed by atoms with E-state index in [4.69, 9.17) is 13.0 Å². The molecule has 0 atom stereocenters. The minimum absolute atomic E-state index is 0. The number of fused-ring (bicyclic) bond motifs is 1. The molecule has 1 aromatic heterocycles. The van der Waals surface area contributed by atoms with Crippen molar-refractivity contribution in [2.75, 3.05) is 27.6 Å². The van der Waals surface area contributed by atoms with Crippen LogP contribution in [-0.4, -0.2) is 37.5 Å². The molecule has 2 aromatic rings. The van der Waals surface area contributed by atoms with E-state index in [1.54, 1.807) is 13.3 Å². The number of nitrogens with zero attached hydrogens (tertiary/aromatic N) is 1. The van der Waals surface area contributed by atoms with Crippen molar-refractivity contribution in [2.45, 2.75) is 6.42 Å². The van der Waals surface area contributed by atoms with Crippen molar-refractivity contribution in [1.29, 1.82) is 0 Å². The number of halogens is 1. The summed E-state index contributed by atoms with van der Waals surface area (Å²) in [4.78, 5) is 3.65. The summed E-state index contributed by atoms with van der Waals surface area (Å²) in [6.07, 6.45) is 2.07. The van der Waals surface area contributed by atoms with E-state index in [0.717, 1.165) is 16.5 Å². The molecule has 0 aliphatic carbocycles. The number of aromatic amines is 1. The highest BCUT2D eigenvalue weighted by Gasteiger charge is 2.05. The smallest absolute Gasteiger partial charge is 0.119 e. The van der Waals surface area contributed by atoms with E-state index in [9.17, 15) is 0 Å². The van der Waals surface area contributed by atoms with E-state index in [1.807, 2.05) is 18.2 Å². The normalized spacial score (nSPS) is 17.3. The first-order valence-corrected chi connectivity index (χ1v) is 5.04. The number of aromatic nitrogens is 1. The van der Waals surface area contributed by atoms with E-state index >= 15 is 0 Å². The maximum absolute atomic E-state index is 7.37. The maximum Gasteiger partial charge on any atom is 0.119 e.